The third kappa shape index (κ3) is 1.48. The molecule has 1 atom stereocenters. The summed E-state index contributed by atoms with van der Waals surface area (Å²) in [6, 6.07) is 7.25. The number of hydrogen-bond acceptors (Lipinski definition) is 2. The van der Waals surface area contributed by atoms with Crippen LogP contribution in [-0.4, -0.2) is 5.11 Å². The normalized spacial score (nSPS) is 13.0. The van der Waals surface area contributed by atoms with Crippen molar-refractivity contribution in [3.05, 3.63) is 29.8 Å². The van der Waals surface area contributed by atoms with E-state index in [1.54, 1.807) is 19.1 Å². The molecule has 0 aliphatic carbocycles. The molecular weight excluding hydrogens is 126 g/mol. The van der Waals surface area contributed by atoms with Gasteiger partial charge in [-0.2, -0.15) is 0 Å². The number of nitrogen functional groups attached to an aromatic ring is 1. The maximum absolute atomic E-state index is 9.09. The van der Waals surface area contributed by atoms with Gasteiger partial charge in [0.1, 0.15) is 0 Å². The predicted octanol–water partition coefficient (Wildman–Crippen LogP) is 1.32. The Bertz CT molecular complexity index is 220. The second-order valence-corrected chi connectivity index (χ2v) is 2.35. The van der Waals surface area contributed by atoms with Crippen LogP contribution in [-0.2, 0) is 0 Å². The maximum atomic E-state index is 9.09. The van der Waals surface area contributed by atoms with E-state index in [1.807, 2.05) is 12.1 Å². The third-order valence-electron chi connectivity index (χ3n) is 1.39. The van der Waals surface area contributed by atoms with E-state index in [-0.39, 0.29) is 0 Å². The van der Waals surface area contributed by atoms with Crippen molar-refractivity contribution >= 4 is 5.69 Å². The van der Waals surface area contributed by atoms with Gasteiger partial charge in [0.2, 0.25) is 0 Å². The summed E-state index contributed by atoms with van der Waals surface area (Å²) in [5.41, 5.74) is 7.04. The van der Waals surface area contributed by atoms with E-state index in [9.17, 15) is 0 Å². The van der Waals surface area contributed by atoms with E-state index >= 15 is 0 Å². The minimum absolute atomic E-state index is 0.427. The first kappa shape index (κ1) is 7.09. The summed E-state index contributed by atoms with van der Waals surface area (Å²) in [5, 5.41) is 9.09. The molecule has 0 aliphatic heterocycles. The van der Waals surface area contributed by atoms with E-state index in [2.05, 4.69) is 0 Å². The van der Waals surface area contributed by atoms with Gasteiger partial charge in [0, 0.05) is 5.69 Å². The lowest BCUT2D eigenvalue weighted by atomic mass is 10.1. The largest absolute Gasteiger partial charge is 0.399 e. The topological polar surface area (TPSA) is 46.2 Å². The summed E-state index contributed by atoms with van der Waals surface area (Å²) in [4.78, 5) is 0. The van der Waals surface area contributed by atoms with Gasteiger partial charge in [-0.15, -0.1) is 0 Å². The molecule has 0 heterocycles. The molecule has 3 N–H and O–H groups in total. The molecular formula is C8H11NO. The standard InChI is InChI=1S/C8H11NO/c1-6(10)7-3-2-4-8(9)5-7/h2-6,10H,9H2,1H3/t6-/m0/s1. The number of nitrogens with two attached hydrogens (primary N) is 1. The molecule has 0 aromatic heterocycles. The highest BCUT2D eigenvalue weighted by Crippen LogP contribution is 2.13. The Labute approximate surface area is 60.3 Å². The van der Waals surface area contributed by atoms with Crippen LogP contribution in [0.1, 0.15) is 18.6 Å². The number of aliphatic hydroxyl groups excluding tert-OH is 1. The quantitative estimate of drug-likeness (QED) is 0.573. The van der Waals surface area contributed by atoms with Gasteiger partial charge < -0.3 is 10.8 Å². The van der Waals surface area contributed by atoms with Crippen molar-refractivity contribution in [2.75, 3.05) is 5.73 Å². The van der Waals surface area contributed by atoms with Crippen molar-refractivity contribution in [1.82, 2.24) is 0 Å². The zero-order chi connectivity index (χ0) is 7.56. The fourth-order valence-electron chi connectivity index (χ4n) is 0.819. The number of benzene rings is 1. The van der Waals surface area contributed by atoms with Crippen molar-refractivity contribution in [2.24, 2.45) is 0 Å². The van der Waals surface area contributed by atoms with Crippen LogP contribution >= 0.6 is 0 Å². The first-order valence-corrected chi connectivity index (χ1v) is 3.23. The molecule has 2 heteroatoms. The Kier molecular flexibility index (Phi) is 1.92. The van der Waals surface area contributed by atoms with Crippen LogP contribution in [0.4, 0.5) is 5.69 Å². The first-order chi connectivity index (χ1) is 4.70. The molecule has 0 amide bonds. The Morgan fingerprint density at radius 3 is 2.60 bits per heavy atom. The lowest BCUT2D eigenvalue weighted by Crippen LogP contribution is -1.92. The van der Waals surface area contributed by atoms with Crippen LogP contribution in [0.2, 0.25) is 0 Å². The van der Waals surface area contributed by atoms with E-state index < -0.39 is 6.10 Å². The van der Waals surface area contributed by atoms with Crippen LogP contribution in [0.5, 0.6) is 0 Å². The third-order valence-corrected chi connectivity index (χ3v) is 1.39. The van der Waals surface area contributed by atoms with E-state index in [4.69, 9.17) is 10.8 Å². The number of aliphatic hydroxyl groups is 1. The summed E-state index contributed by atoms with van der Waals surface area (Å²) >= 11 is 0. The highest BCUT2D eigenvalue weighted by Gasteiger charge is 1.98. The van der Waals surface area contributed by atoms with Crippen molar-refractivity contribution in [1.29, 1.82) is 0 Å². The second kappa shape index (κ2) is 2.71. The molecule has 0 bridgehead atoms. The van der Waals surface area contributed by atoms with E-state index in [0.29, 0.717) is 5.69 Å². The van der Waals surface area contributed by atoms with Gasteiger partial charge in [-0.1, -0.05) is 12.1 Å². The number of anilines is 1. The summed E-state index contributed by atoms with van der Waals surface area (Å²) in [7, 11) is 0. The first-order valence-electron chi connectivity index (χ1n) is 3.23. The van der Waals surface area contributed by atoms with Crippen LogP contribution in [0, 0.1) is 0 Å². The Morgan fingerprint density at radius 2 is 2.20 bits per heavy atom. The molecule has 0 fully saturated rings. The van der Waals surface area contributed by atoms with Crippen LogP contribution < -0.4 is 5.73 Å². The minimum atomic E-state index is -0.427. The highest BCUT2D eigenvalue weighted by molar-refractivity contribution is 5.41. The Morgan fingerprint density at radius 1 is 1.50 bits per heavy atom. The lowest BCUT2D eigenvalue weighted by Gasteiger charge is -2.03. The monoisotopic (exact) mass is 137 g/mol. The fraction of sp³-hybridized carbons (Fsp3) is 0.250. The van der Waals surface area contributed by atoms with Crippen molar-refractivity contribution in [3.8, 4) is 0 Å². The smallest absolute Gasteiger partial charge is 0.0762 e. The second-order valence-electron chi connectivity index (χ2n) is 2.35. The maximum Gasteiger partial charge on any atom is 0.0762 e. The SMILES string of the molecule is C[C@H](O)c1cccc(N)c1. The van der Waals surface area contributed by atoms with Crippen LogP contribution in [0.25, 0.3) is 0 Å². The van der Waals surface area contributed by atoms with E-state index in [0.717, 1.165) is 5.56 Å². The average Bonchev–Trinajstić information content (AvgIpc) is 1.88. The molecule has 0 aliphatic rings. The molecule has 1 aromatic carbocycles. The zero-order valence-corrected chi connectivity index (χ0v) is 5.91. The fourth-order valence-corrected chi connectivity index (χ4v) is 0.819. The highest BCUT2D eigenvalue weighted by atomic mass is 16.3. The molecule has 0 saturated carbocycles. The van der Waals surface area contributed by atoms with E-state index in [1.165, 1.54) is 0 Å². The van der Waals surface area contributed by atoms with Gasteiger partial charge in [-0.05, 0) is 24.6 Å². The van der Waals surface area contributed by atoms with Gasteiger partial charge in [0.05, 0.1) is 6.10 Å². The van der Waals surface area contributed by atoms with Crippen molar-refractivity contribution < 1.29 is 5.11 Å². The molecule has 2 nitrogen and oxygen atoms in total. The Balaban J connectivity index is 2.96. The molecule has 1 aromatic rings. The van der Waals surface area contributed by atoms with Crippen molar-refractivity contribution in [3.63, 3.8) is 0 Å². The zero-order valence-electron chi connectivity index (χ0n) is 5.91. The summed E-state index contributed by atoms with van der Waals surface area (Å²) in [5.74, 6) is 0. The molecule has 54 valence electrons. The van der Waals surface area contributed by atoms with Gasteiger partial charge in [-0.3, -0.25) is 0 Å². The summed E-state index contributed by atoms with van der Waals surface area (Å²) in [6.45, 7) is 1.72. The molecule has 0 saturated heterocycles. The average molecular weight is 137 g/mol. The van der Waals surface area contributed by atoms with Crippen LogP contribution in [0.15, 0.2) is 24.3 Å². The predicted molar refractivity (Wildman–Crippen MR) is 41.5 cm³/mol. The number of rotatable bonds is 1. The molecule has 1 rings (SSSR count). The van der Waals surface area contributed by atoms with Gasteiger partial charge in [0.25, 0.3) is 0 Å². The minimum Gasteiger partial charge on any atom is -0.399 e. The van der Waals surface area contributed by atoms with Crippen molar-refractivity contribution in [2.45, 2.75) is 13.0 Å². The molecule has 10 heavy (non-hydrogen) atoms. The molecule has 0 radical (unpaired) electrons. The summed E-state index contributed by atoms with van der Waals surface area (Å²) < 4.78 is 0. The van der Waals surface area contributed by atoms with Gasteiger partial charge in [-0.25, -0.2) is 0 Å². The number of hydrogen-bond donors (Lipinski definition) is 2. The van der Waals surface area contributed by atoms with Gasteiger partial charge in [0.15, 0.2) is 0 Å². The molecule has 0 spiro atoms. The summed E-state index contributed by atoms with van der Waals surface area (Å²) in [6.07, 6.45) is -0.427. The molecule has 0 unspecified atom stereocenters. The van der Waals surface area contributed by atoms with Gasteiger partial charge >= 0.3 is 0 Å². The Hall–Kier alpha value is -1.02. The van der Waals surface area contributed by atoms with Crippen LogP contribution in [0.3, 0.4) is 0 Å². The lowest BCUT2D eigenvalue weighted by molar-refractivity contribution is 0.199.